The number of rotatable bonds is 7. The van der Waals surface area contributed by atoms with Crippen LogP contribution in [0, 0.1) is 50.7 Å². The van der Waals surface area contributed by atoms with Gasteiger partial charge in [-0.05, 0) is 138 Å². The maximum absolute atomic E-state index is 12.7. The van der Waals surface area contributed by atoms with Crippen LogP contribution in [0.1, 0.15) is 128 Å². The van der Waals surface area contributed by atoms with Crippen LogP contribution in [0.25, 0.3) is 0 Å². The van der Waals surface area contributed by atoms with Gasteiger partial charge in [-0.3, -0.25) is 9.80 Å². The van der Waals surface area contributed by atoms with Crippen LogP contribution in [0.4, 0.5) is 0 Å². The molecule has 3 heterocycles. The van der Waals surface area contributed by atoms with Gasteiger partial charge in [0, 0.05) is 49.8 Å². The minimum atomic E-state index is -1.01. The van der Waals surface area contributed by atoms with Crippen molar-refractivity contribution in [3.8, 4) is 0 Å². The topological polar surface area (TPSA) is 83.9 Å². The highest BCUT2D eigenvalue weighted by Crippen LogP contribution is 2.89. The molecule has 8 heteroatoms. The van der Waals surface area contributed by atoms with Gasteiger partial charge in [0.15, 0.2) is 6.29 Å². The summed E-state index contributed by atoms with van der Waals surface area (Å²) in [6.45, 7) is 30.5. The Kier molecular flexibility index (Phi) is 8.91. The average Bonchev–Trinajstić information content (AvgIpc) is 3.64. The van der Waals surface area contributed by atoms with E-state index in [-0.39, 0.29) is 46.4 Å². The van der Waals surface area contributed by atoms with Crippen LogP contribution in [-0.4, -0.2) is 113 Å². The Bertz CT molecular complexity index is 1320. The molecule has 3 aliphatic heterocycles. The molecule has 8 nitrogen and oxygen atoms in total. The van der Waals surface area contributed by atoms with Gasteiger partial charge in [-0.1, -0.05) is 34.6 Å². The van der Waals surface area contributed by atoms with E-state index in [2.05, 4.69) is 65.2 Å². The minimum Gasteiger partial charge on any atom is -0.390 e. The van der Waals surface area contributed by atoms with Crippen LogP contribution >= 0.6 is 0 Å². The summed E-state index contributed by atoms with van der Waals surface area (Å²) in [5, 5.41) is 23.8. The Hall–Kier alpha value is -0.320. The molecule has 8 rings (SSSR count). The number of aliphatic hydroxyl groups excluding tert-OH is 1. The fourth-order valence-corrected chi connectivity index (χ4v) is 15.2. The normalized spacial score (nSPS) is 50.6. The zero-order chi connectivity index (χ0) is 36.7. The molecular formula is C43H74N2O6. The van der Waals surface area contributed by atoms with E-state index in [9.17, 15) is 10.2 Å². The number of morpholine rings is 1. The van der Waals surface area contributed by atoms with Gasteiger partial charge in [-0.25, -0.2) is 0 Å². The molecule has 0 aromatic carbocycles. The van der Waals surface area contributed by atoms with Crippen molar-refractivity contribution in [2.75, 3.05) is 39.4 Å². The predicted molar refractivity (Wildman–Crippen MR) is 199 cm³/mol. The van der Waals surface area contributed by atoms with Gasteiger partial charge >= 0.3 is 0 Å². The minimum absolute atomic E-state index is 0.0220. The standard InChI is InChI=1S/C43H74N2O6/c1-12-48-36(39(8,9)47)28-21-26(2)33-34(50-28)35(46)41(11)30-14-13-29-38(6,7)31(15-16-42(29)25-43(30,42)18-17-40(33,41)10)51-32-24-44(19-20-49-32)27-22-45(23-27)37(3,4)5/h26-36,46-47H,12-25H2,1-11H3/t26-,28-,29+,30+,31+,32+,33+,34+,35+,36+,40-,41-,42-,43+/m1/s1. The largest absolute Gasteiger partial charge is 0.390 e. The predicted octanol–water partition coefficient (Wildman–Crippen LogP) is 6.50. The van der Waals surface area contributed by atoms with Crippen molar-refractivity contribution in [3.05, 3.63) is 0 Å². The molecule has 5 aliphatic carbocycles. The first kappa shape index (κ1) is 37.6. The lowest BCUT2D eigenvalue weighted by atomic mass is 9.41. The molecule has 0 aromatic heterocycles. The number of aliphatic hydroxyl groups is 2. The Balaban J connectivity index is 0.983. The Morgan fingerprint density at radius 2 is 1.61 bits per heavy atom. The fourth-order valence-electron chi connectivity index (χ4n) is 15.2. The SMILES string of the molecule is CCO[C@@H]([C@H]1C[C@@H](C)[C@H]2[C@H](O1)[C@H](O)[C@@]1(C)[C@@H]3CC[C@H]4C(C)(C)[C@@H](O[C@H]5CN(C6CN(C(C)(C)C)C6)CCO5)CC[C@@]45C[C@@]35CC[C@]21C)C(C)(C)O. The fraction of sp³-hybridized carbons (Fsp3) is 1.00. The summed E-state index contributed by atoms with van der Waals surface area (Å²) in [6, 6.07) is 0.614. The number of hydrogen-bond acceptors (Lipinski definition) is 8. The van der Waals surface area contributed by atoms with E-state index < -0.39 is 17.8 Å². The maximum Gasteiger partial charge on any atom is 0.170 e. The van der Waals surface area contributed by atoms with Crippen LogP contribution < -0.4 is 0 Å². The molecule has 292 valence electrons. The lowest BCUT2D eigenvalue weighted by molar-refractivity contribution is -0.254. The van der Waals surface area contributed by atoms with Crippen molar-refractivity contribution in [3.63, 3.8) is 0 Å². The van der Waals surface area contributed by atoms with Gasteiger partial charge in [0.1, 0.15) is 6.10 Å². The van der Waals surface area contributed by atoms with Crippen molar-refractivity contribution >= 4 is 0 Å². The molecule has 8 aliphatic rings. The van der Waals surface area contributed by atoms with E-state index in [0.717, 1.165) is 45.6 Å². The van der Waals surface area contributed by atoms with Gasteiger partial charge < -0.3 is 29.2 Å². The van der Waals surface area contributed by atoms with Crippen LogP contribution in [0.5, 0.6) is 0 Å². The quantitative estimate of drug-likeness (QED) is 0.310. The van der Waals surface area contributed by atoms with E-state index in [1.165, 1.54) is 38.5 Å². The van der Waals surface area contributed by atoms with Crippen LogP contribution in [0.2, 0.25) is 0 Å². The van der Waals surface area contributed by atoms with Gasteiger partial charge in [0.2, 0.25) is 0 Å². The summed E-state index contributed by atoms with van der Waals surface area (Å²) >= 11 is 0. The molecule has 5 saturated carbocycles. The third-order valence-electron chi connectivity index (χ3n) is 17.9. The number of ether oxygens (including phenoxy) is 4. The van der Waals surface area contributed by atoms with Crippen molar-refractivity contribution in [2.45, 2.75) is 182 Å². The number of fused-ring (bicyclic) bond motifs is 4. The Morgan fingerprint density at radius 1 is 0.922 bits per heavy atom. The van der Waals surface area contributed by atoms with Crippen LogP contribution in [0.3, 0.4) is 0 Å². The second kappa shape index (κ2) is 12.1. The highest BCUT2D eigenvalue weighted by molar-refractivity contribution is 5.33. The molecule has 0 unspecified atom stereocenters. The van der Waals surface area contributed by atoms with E-state index in [0.29, 0.717) is 47.2 Å². The van der Waals surface area contributed by atoms with E-state index in [1.54, 1.807) is 0 Å². The molecule has 0 aromatic rings. The molecule has 51 heavy (non-hydrogen) atoms. The summed E-state index contributed by atoms with van der Waals surface area (Å²) in [4.78, 5) is 5.22. The average molecular weight is 715 g/mol. The van der Waals surface area contributed by atoms with Crippen molar-refractivity contribution in [1.29, 1.82) is 0 Å². The Morgan fingerprint density at radius 3 is 2.27 bits per heavy atom. The smallest absolute Gasteiger partial charge is 0.170 e. The third kappa shape index (κ3) is 5.25. The van der Waals surface area contributed by atoms with Crippen LogP contribution in [0.15, 0.2) is 0 Å². The van der Waals surface area contributed by atoms with Crippen molar-refractivity contribution < 1.29 is 29.2 Å². The highest BCUT2D eigenvalue weighted by atomic mass is 16.7. The summed E-state index contributed by atoms with van der Waals surface area (Å²) in [5.41, 5.74) is -0.201. The lowest BCUT2D eigenvalue weighted by Gasteiger charge is -2.64. The first-order valence-electron chi connectivity index (χ1n) is 21.2. The maximum atomic E-state index is 12.7. The van der Waals surface area contributed by atoms with Gasteiger partial charge in [-0.15, -0.1) is 0 Å². The first-order chi connectivity index (χ1) is 23.7. The van der Waals surface area contributed by atoms with E-state index in [4.69, 9.17) is 18.9 Å². The summed E-state index contributed by atoms with van der Waals surface area (Å²) in [7, 11) is 0. The summed E-state index contributed by atoms with van der Waals surface area (Å²) in [5.74, 6) is 1.85. The second-order valence-electron chi connectivity index (χ2n) is 21.7. The molecule has 14 atom stereocenters. The van der Waals surface area contributed by atoms with Crippen molar-refractivity contribution in [2.24, 2.45) is 50.7 Å². The third-order valence-corrected chi connectivity index (χ3v) is 17.9. The van der Waals surface area contributed by atoms with E-state index >= 15 is 0 Å². The first-order valence-corrected chi connectivity index (χ1v) is 21.2. The second-order valence-corrected chi connectivity index (χ2v) is 21.7. The summed E-state index contributed by atoms with van der Waals surface area (Å²) in [6.07, 6.45) is 8.13. The Labute approximate surface area is 310 Å². The van der Waals surface area contributed by atoms with E-state index in [1.807, 2.05) is 20.8 Å². The zero-order valence-electron chi connectivity index (χ0n) is 34.2. The molecule has 0 amide bonds. The van der Waals surface area contributed by atoms with Gasteiger partial charge in [0.05, 0.1) is 36.6 Å². The van der Waals surface area contributed by atoms with Gasteiger partial charge in [0.25, 0.3) is 0 Å². The molecule has 2 spiro atoms. The number of nitrogens with zero attached hydrogens (tertiary/aromatic N) is 2. The zero-order valence-corrected chi connectivity index (χ0v) is 34.2. The molecule has 8 fully saturated rings. The molecule has 0 bridgehead atoms. The molecular weight excluding hydrogens is 640 g/mol. The van der Waals surface area contributed by atoms with Gasteiger partial charge in [-0.2, -0.15) is 0 Å². The summed E-state index contributed by atoms with van der Waals surface area (Å²) < 4.78 is 26.5. The highest BCUT2D eigenvalue weighted by Gasteiger charge is 2.84. The molecule has 2 N–H and O–H groups in total. The molecule has 0 radical (unpaired) electrons. The number of hydrogen-bond donors (Lipinski definition) is 2. The van der Waals surface area contributed by atoms with Crippen LogP contribution in [-0.2, 0) is 18.9 Å². The molecule has 3 saturated heterocycles. The van der Waals surface area contributed by atoms with Crippen molar-refractivity contribution in [1.82, 2.24) is 9.80 Å². The monoisotopic (exact) mass is 715 g/mol. The lowest BCUT2D eigenvalue weighted by Crippen LogP contribution is -2.66. The number of likely N-dealkylation sites (tertiary alicyclic amines) is 1.